The highest BCUT2D eigenvalue weighted by Crippen LogP contribution is 2.37. The lowest BCUT2D eigenvalue weighted by Crippen LogP contribution is -2.30. The number of aliphatic imine (C=N–C) groups is 1. The molecule has 2 aromatic rings. The molecule has 0 saturated heterocycles. The largest absolute Gasteiger partial charge is 0.497 e. The SMILES string of the molecule is COc1ccc(C2(c3ccc(OC)cc3)CN=CO2)cc1. The topological polar surface area (TPSA) is 40.0 Å². The fourth-order valence-electron chi connectivity index (χ4n) is 2.54. The molecule has 0 amide bonds. The smallest absolute Gasteiger partial charge is 0.180 e. The van der Waals surface area contributed by atoms with Crippen molar-refractivity contribution in [2.75, 3.05) is 20.8 Å². The van der Waals surface area contributed by atoms with Gasteiger partial charge in [-0.25, -0.2) is 0 Å². The van der Waals surface area contributed by atoms with E-state index in [0.717, 1.165) is 22.6 Å². The molecule has 0 unspecified atom stereocenters. The number of methoxy groups -OCH3 is 2. The molecule has 0 aliphatic carbocycles. The zero-order chi connectivity index (χ0) is 14.7. The molecule has 0 spiro atoms. The third-order valence-electron chi connectivity index (χ3n) is 3.76. The molecule has 1 heterocycles. The molecule has 108 valence electrons. The number of ether oxygens (including phenoxy) is 3. The molecule has 0 bridgehead atoms. The normalized spacial score (nSPS) is 15.5. The average molecular weight is 283 g/mol. The highest BCUT2D eigenvalue weighted by molar-refractivity contribution is 5.56. The first-order valence-electron chi connectivity index (χ1n) is 6.74. The standard InChI is InChI=1S/C17H17NO3/c1-19-15-7-3-13(4-8-15)17(11-18-12-21-17)14-5-9-16(20-2)10-6-14/h3-10,12H,11H2,1-2H3. The van der Waals surface area contributed by atoms with Crippen LogP contribution in [-0.4, -0.2) is 27.2 Å². The molecule has 0 aromatic heterocycles. The molecule has 1 aliphatic rings. The van der Waals surface area contributed by atoms with Crippen LogP contribution in [0.4, 0.5) is 0 Å². The van der Waals surface area contributed by atoms with E-state index in [2.05, 4.69) is 4.99 Å². The van der Waals surface area contributed by atoms with Gasteiger partial charge in [-0.1, -0.05) is 24.3 Å². The van der Waals surface area contributed by atoms with Crippen molar-refractivity contribution in [1.82, 2.24) is 0 Å². The third kappa shape index (κ3) is 2.33. The summed E-state index contributed by atoms with van der Waals surface area (Å²) in [5.41, 5.74) is 1.52. The summed E-state index contributed by atoms with van der Waals surface area (Å²) in [6.45, 7) is 0.561. The Balaban J connectivity index is 2.01. The van der Waals surface area contributed by atoms with Gasteiger partial charge in [0.1, 0.15) is 11.5 Å². The molecule has 21 heavy (non-hydrogen) atoms. The Kier molecular flexibility index (Phi) is 3.52. The van der Waals surface area contributed by atoms with Crippen molar-refractivity contribution in [1.29, 1.82) is 0 Å². The second-order valence-corrected chi connectivity index (χ2v) is 4.85. The number of nitrogens with zero attached hydrogens (tertiary/aromatic N) is 1. The van der Waals surface area contributed by atoms with E-state index in [0.29, 0.717) is 6.54 Å². The monoisotopic (exact) mass is 283 g/mol. The van der Waals surface area contributed by atoms with E-state index in [9.17, 15) is 0 Å². The van der Waals surface area contributed by atoms with Crippen molar-refractivity contribution in [2.24, 2.45) is 4.99 Å². The zero-order valence-corrected chi connectivity index (χ0v) is 12.1. The first-order chi connectivity index (χ1) is 10.3. The van der Waals surface area contributed by atoms with Gasteiger partial charge >= 0.3 is 0 Å². The summed E-state index contributed by atoms with van der Waals surface area (Å²) in [6.07, 6.45) is 1.52. The Morgan fingerprint density at radius 1 is 0.857 bits per heavy atom. The van der Waals surface area contributed by atoms with Crippen molar-refractivity contribution in [2.45, 2.75) is 5.60 Å². The van der Waals surface area contributed by atoms with Crippen LogP contribution >= 0.6 is 0 Å². The van der Waals surface area contributed by atoms with Gasteiger partial charge in [-0.15, -0.1) is 0 Å². The van der Waals surface area contributed by atoms with Gasteiger partial charge in [0.25, 0.3) is 0 Å². The quantitative estimate of drug-likeness (QED) is 0.866. The van der Waals surface area contributed by atoms with E-state index >= 15 is 0 Å². The summed E-state index contributed by atoms with van der Waals surface area (Å²) in [5, 5.41) is 0. The molecular formula is C17H17NO3. The van der Waals surface area contributed by atoms with Crippen molar-refractivity contribution in [3.05, 3.63) is 59.7 Å². The van der Waals surface area contributed by atoms with E-state index in [-0.39, 0.29) is 0 Å². The van der Waals surface area contributed by atoms with Gasteiger partial charge in [-0.3, -0.25) is 4.99 Å². The molecule has 0 radical (unpaired) electrons. The minimum atomic E-state index is -0.571. The number of hydrogen-bond acceptors (Lipinski definition) is 4. The minimum Gasteiger partial charge on any atom is -0.497 e. The lowest BCUT2D eigenvalue weighted by atomic mass is 9.86. The summed E-state index contributed by atoms with van der Waals surface area (Å²) in [7, 11) is 3.31. The molecule has 0 saturated carbocycles. The van der Waals surface area contributed by atoms with Gasteiger partial charge in [0.05, 0.1) is 20.8 Å². The highest BCUT2D eigenvalue weighted by atomic mass is 16.5. The van der Waals surface area contributed by atoms with E-state index in [4.69, 9.17) is 14.2 Å². The number of rotatable bonds is 4. The van der Waals surface area contributed by atoms with E-state index in [1.807, 2.05) is 48.5 Å². The summed E-state index contributed by atoms with van der Waals surface area (Å²) >= 11 is 0. The highest BCUT2D eigenvalue weighted by Gasteiger charge is 2.38. The van der Waals surface area contributed by atoms with Crippen LogP contribution in [-0.2, 0) is 10.3 Å². The zero-order valence-electron chi connectivity index (χ0n) is 12.1. The average Bonchev–Trinajstić information content (AvgIpc) is 3.06. The van der Waals surface area contributed by atoms with Gasteiger partial charge in [-0.2, -0.15) is 0 Å². The number of hydrogen-bond donors (Lipinski definition) is 0. The molecule has 0 atom stereocenters. The molecule has 0 N–H and O–H groups in total. The Morgan fingerprint density at radius 2 is 1.33 bits per heavy atom. The van der Waals surface area contributed by atoms with Crippen molar-refractivity contribution < 1.29 is 14.2 Å². The minimum absolute atomic E-state index is 0.561. The van der Waals surface area contributed by atoms with Crippen molar-refractivity contribution in [3.63, 3.8) is 0 Å². The summed E-state index contributed by atoms with van der Waals surface area (Å²) in [6, 6.07) is 15.8. The van der Waals surface area contributed by atoms with Gasteiger partial charge < -0.3 is 14.2 Å². The second-order valence-electron chi connectivity index (χ2n) is 4.85. The number of benzene rings is 2. The Bertz CT molecular complexity index is 575. The summed E-state index contributed by atoms with van der Waals surface area (Å²) in [4.78, 5) is 4.27. The van der Waals surface area contributed by atoms with Crippen LogP contribution in [0.5, 0.6) is 11.5 Å². The van der Waals surface area contributed by atoms with E-state index < -0.39 is 5.60 Å². The van der Waals surface area contributed by atoms with Crippen LogP contribution in [0.15, 0.2) is 53.5 Å². The van der Waals surface area contributed by atoms with Crippen LogP contribution in [0.2, 0.25) is 0 Å². The van der Waals surface area contributed by atoms with Crippen LogP contribution in [0.1, 0.15) is 11.1 Å². The molecule has 0 fully saturated rings. The Labute approximate surface area is 124 Å². The van der Waals surface area contributed by atoms with E-state index in [1.165, 1.54) is 6.40 Å². The first kappa shape index (κ1) is 13.5. The lowest BCUT2D eigenvalue weighted by Gasteiger charge is -2.28. The van der Waals surface area contributed by atoms with Gasteiger partial charge in [0.2, 0.25) is 0 Å². The Morgan fingerprint density at radius 3 is 1.67 bits per heavy atom. The van der Waals surface area contributed by atoms with Gasteiger partial charge in [0, 0.05) is 11.1 Å². The maximum absolute atomic E-state index is 5.89. The fraction of sp³-hybridized carbons (Fsp3) is 0.235. The lowest BCUT2D eigenvalue weighted by molar-refractivity contribution is 0.140. The van der Waals surface area contributed by atoms with Gasteiger partial charge in [-0.05, 0) is 24.3 Å². The third-order valence-corrected chi connectivity index (χ3v) is 3.76. The van der Waals surface area contributed by atoms with Gasteiger partial charge in [0.15, 0.2) is 12.0 Å². The van der Waals surface area contributed by atoms with Crippen LogP contribution in [0.3, 0.4) is 0 Å². The predicted molar refractivity (Wildman–Crippen MR) is 81.2 cm³/mol. The molecule has 4 heteroatoms. The molecule has 4 nitrogen and oxygen atoms in total. The van der Waals surface area contributed by atoms with Crippen LogP contribution < -0.4 is 9.47 Å². The fourth-order valence-corrected chi connectivity index (χ4v) is 2.54. The first-order valence-corrected chi connectivity index (χ1v) is 6.74. The van der Waals surface area contributed by atoms with Crippen LogP contribution in [0, 0.1) is 0 Å². The van der Waals surface area contributed by atoms with Crippen molar-refractivity contribution >= 4 is 6.40 Å². The molecule has 1 aliphatic heterocycles. The van der Waals surface area contributed by atoms with E-state index in [1.54, 1.807) is 14.2 Å². The summed E-state index contributed by atoms with van der Waals surface area (Å²) < 4.78 is 16.3. The molecule has 2 aromatic carbocycles. The maximum Gasteiger partial charge on any atom is 0.180 e. The molecular weight excluding hydrogens is 266 g/mol. The van der Waals surface area contributed by atoms with Crippen LogP contribution in [0.25, 0.3) is 0 Å². The predicted octanol–water partition coefficient (Wildman–Crippen LogP) is 3.01. The Hall–Kier alpha value is -2.49. The van der Waals surface area contributed by atoms with Crippen molar-refractivity contribution in [3.8, 4) is 11.5 Å². The second kappa shape index (κ2) is 5.48. The maximum atomic E-state index is 5.89. The summed E-state index contributed by atoms with van der Waals surface area (Å²) in [5.74, 6) is 1.64. The molecule has 3 rings (SSSR count).